The molecule has 0 atom stereocenters. The summed E-state index contributed by atoms with van der Waals surface area (Å²) in [6.07, 6.45) is 5.21. The molecule has 4 N–H and O–H groups in total. The number of rotatable bonds is 3. The van der Waals surface area contributed by atoms with E-state index in [2.05, 4.69) is 91.8 Å². The van der Waals surface area contributed by atoms with E-state index >= 15 is 0 Å². The minimum absolute atomic E-state index is 0.0430. The molecule has 1 aliphatic rings. The van der Waals surface area contributed by atoms with Crippen LogP contribution in [0.3, 0.4) is 0 Å². The summed E-state index contributed by atoms with van der Waals surface area (Å²) in [6.45, 7) is 18.4. The lowest BCUT2D eigenvalue weighted by Crippen LogP contribution is -2.78. The molecule has 0 aromatic heterocycles. The van der Waals surface area contributed by atoms with Crippen LogP contribution in [-0.2, 0) is 0 Å². The molecule has 0 bridgehead atoms. The van der Waals surface area contributed by atoms with Gasteiger partial charge in [-0.2, -0.15) is 0 Å². The van der Waals surface area contributed by atoms with Crippen LogP contribution in [0.2, 0.25) is 0 Å². The van der Waals surface area contributed by atoms with Crippen LogP contribution in [0.15, 0.2) is 36.4 Å². The maximum atomic E-state index is 7.20. The molecule has 1 aromatic rings. The van der Waals surface area contributed by atoms with Crippen molar-refractivity contribution in [1.82, 2.24) is 0 Å². The quantitative estimate of drug-likeness (QED) is 0.655. The van der Waals surface area contributed by atoms with E-state index in [1.807, 2.05) is 0 Å². The van der Waals surface area contributed by atoms with Gasteiger partial charge in [-0.05, 0) is 41.2 Å². The van der Waals surface area contributed by atoms with Crippen LogP contribution in [0.5, 0.6) is 0 Å². The van der Waals surface area contributed by atoms with Gasteiger partial charge in [0.05, 0.1) is 5.66 Å². The number of nitrogens with two attached hydrogens (primary N) is 2. The van der Waals surface area contributed by atoms with E-state index in [1.54, 1.807) is 0 Å². The highest BCUT2D eigenvalue weighted by Crippen LogP contribution is 2.67. The molecule has 0 saturated carbocycles. The fraction of sp³-hybridized carbons (Fsp3) is 0.667. The lowest BCUT2D eigenvalue weighted by atomic mass is 9.39. The number of hydrogen-bond donors (Lipinski definition) is 2. The summed E-state index contributed by atoms with van der Waals surface area (Å²) in [6, 6.07) is 10.8. The molecular weight excluding hydrogens is 316 g/mol. The standard InChI is InChI=1S/C24H40N2/c1-9-22(10-2)16-19(18-14-12-11-13-15-18)17-23(20(3,4)5,21(6,7)8)24(22,25)26/h11-16H,9-10,17,25-26H2,1-8H3. The molecule has 1 aromatic carbocycles. The predicted molar refractivity (Wildman–Crippen MR) is 114 cm³/mol. The van der Waals surface area contributed by atoms with Crippen molar-refractivity contribution in [2.75, 3.05) is 0 Å². The molecule has 0 amide bonds. The van der Waals surface area contributed by atoms with Gasteiger partial charge in [-0.25, -0.2) is 0 Å². The molecular formula is C24H40N2. The Bertz CT molecular complexity index is 636. The molecule has 0 heterocycles. The van der Waals surface area contributed by atoms with Gasteiger partial charge in [-0.3, -0.25) is 0 Å². The predicted octanol–water partition coefficient (Wildman–Crippen LogP) is 5.97. The average molecular weight is 357 g/mol. The Morgan fingerprint density at radius 1 is 0.846 bits per heavy atom. The van der Waals surface area contributed by atoms with E-state index in [-0.39, 0.29) is 21.7 Å². The van der Waals surface area contributed by atoms with E-state index in [4.69, 9.17) is 11.5 Å². The van der Waals surface area contributed by atoms with Crippen LogP contribution in [-0.4, -0.2) is 5.66 Å². The summed E-state index contributed by atoms with van der Waals surface area (Å²) < 4.78 is 0. The van der Waals surface area contributed by atoms with Crippen molar-refractivity contribution < 1.29 is 0 Å². The van der Waals surface area contributed by atoms with Crippen molar-refractivity contribution in [3.8, 4) is 0 Å². The van der Waals surface area contributed by atoms with Crippen molar-refractivity contribution in [2.24, 2.45) is 33.1 Å². The van der Waals surface area contributed by atoms with Gasteiger partial charge >= 0.3 is 0 Å². The number of hydrogen-bond acceptors (Lipinski definition) is 2. The molecule has 0 aliphatic heterocycles. The molecule has 146 valence electrons. The van der Waals surface area contributed by atoms with Crippen LogP contribution in [0, 0.1) is 21.7 Å². The largest absolute Gasteiger partial charge is 0.312 e. The molecule has 0 saturated heterocycles. The first-order valence-corrected chi connectivity index (χ1v) is 10.1. The summed E-state index contributed by atoms with van der Waals surface area (Å²) in [5.74, 6) is 0. The normalized spacial score (nSPS) is 22.0. The Balaban J connectivity index is 2.89. The highest BCUT2D eigenvalue weighted by atomic mass is 15.1. The maximum absolute atomic E-state index is 7.20. The number of allylic oxidation sites excluding steroid dienone is 1. The second-order valence-corrected chi connectivity index (χ2v) is 10.3. The van der Waals surface area contributed by atoms with Gasteiger partial charge < -0.3 is 11.5 Å². The molecule has 2 nitrogen and oxygen atoms in total. The van der Waals surface area contributed by atoms with Crippen molar-refractivity contribution in [3.05, 3.63) is 42.0 Å². The SMILES string of the molecule is CCC1(CC)C=C(c2ccccc2)CC(C(C)(C)C)(C(C)(C)C)C1(N)N. The van der Waals surface area contributed by atoms with E-state index in [9.17, 15) is 0 Å². The highest BCUT2D eigenvalue weighted by Gasteiger charge is 2.67. The van der Waals surface area contributed by atoms with Crippen LogP contribution in [0.4, 0.5) is 0 Å². The van der Waals surface area contributed by atoms with E-state index in [1.165, 1.54) is 11.1 Å². The van der Waals surface area contributed by atoms with Gasteiger partial charge in [0, 0.05) is 10.8 Å². The van der Waals surface area contributed by atoms with Crippen molar-refractivity contribution in [2.45, 2.75) is 80.3 Å². The Labute approximate surface area is 161 Å². The smallest absolute Gasteiger partial charge is 0.0801 e. The molecule has 0 unspecified atom stereocenters. The minimum atomic E-state index is -0.793. The Morgan fingerprint density at radius 2 is 1.31 bits per heavy atom. The molecule has 2 rings (SSSR count). The number of benzene rings is 1. The van der Waals surface area contributed by atoms with Gasteiger partial charge in [0.2, 0.25) is 0 Å². The van der Waals surface area contributed by atoms with Crippen LogP contribution < -0.4 is 11.5 Å². The van der Waals surface area contributed by atoms with E-state index in [0.29, 0.717) is 0 Å². The summed E-state index contributed by atoms with van der Waals surface area (Å²) in [4.78, 5) is 0. The first-order chi connectivity index (χ1) is 11.8. The summed E-state index contributed by atoms with van der Waals surface area (Å²) in [5, 5.41) is 0. The van der Waals surface area contributed by atoms with Crippen LogP contribution >= 0.6 is 0 Å². The van der Waals surface area contributed by atoms with E-state index in [0.717, 1.165) is 19.3 Å². The van der Waals surface area contributed by atoms with Gasteiger partial charge in [0.25, 0.3) is 0 Å². The van der Waals surface area contributed by atoms with Crippen molar-refractivity contribution in [3.63, 3.8) is 0 Å². The lowest BCUT2D eigenvalue weighted by molar-refractivity contribution is -0.141. The van der Waals surface area contributed by atoms with Gasteiger partial charge in [0.1, 0.15) is 0 Å². The van der Waals surface area contributed by atoms with Gasteiger partial charge in [-0.1, -0.05) is 91.8 Å². The van der Waals surface area contributed by atoms with E-state index < -0.39 is 5.66 Å². The van der Waals surface area contributed by atoms with Crippen LogP contribution in [0.1, 0.15) is 80.2 Å². The third kappa shape index (κ3) is 2.77. The minimum Gasteiger partial charge on any atom is -0.312 e. The van der Waals surface area contributed by atoms with Gasteiger partial charge in [-0.15, -0.1) is 0 Å². The zero-order valence-electron chi connectivity index (χ0n) is 18.2. The second kappa shape index (κ2) is 6.49. The summed E-state index contributed by atoms with van der Waals surface area (Å²) in [7, 11) is 0. The topological polar surface area (TPSA) is 52.0 Å². The molecule has 1 aliphatic carbocycles. The highest BCUT2D eigenvalue weighted by molar-refractivity contribution is 5.69. The zero-order chi connectivity index (χ0) is 20.0. The first kappa shape index (κ1) is 21.2. The van der Waals surface area contributed by atoms with Crippen LogP contribution in [0.25, 0.3) is 5.57 Å². The summed E-state index contributed by atoms with van der Waals surface area (Å²) in [5.41, 5.74) is 15.7. The molecule has 0 fully saturated rings. The summed E-state index contributed by atoms with van der Waals surface area (Å²) >= 11 is 0. The Kier molecular flexibility index (Phi) is 5.29. The maximum Gasteiger partial charge on any atom is 0.0801 e. The van der Waals surface area contributed by atoms with Crippen molar-refractivity contribution >= 4 is 5.57 Å². The zero-order valence-corrected chi connectivity index (χ0v) is 18.2. The van der Waals surface area contributed by atoms with Gasteiger partial charge in [0.15, 0.2) is 0 Å². The molecule has 26 heavy (non-hydrogen) atoms. The fourth-order valence-electron chi connectivity index (χ4n) is 6.13. The monoisotopic (exact) mass is 356 g/mol. The first-order valence-electron chi connectivity index (χ1n) is 10.1. The van der Waals surface area contributed by atoms with Crippen molar-refractivity contribution in [1.29, 1.82) is 0 Å². The third-order valence-corrected chi connectivity index (χ3v) is 7.40. The third-order valence-electron chi connectivity index (χ3n) is 7.40. The Hall–Kier alpha value is -1.12. The molecule has 2 heteroatoms. The Morgan fingerprint density at radius 3 is 1.69 bits per heavy atom. The molecule has 0 radical (unpaired) electrons. The fourth-order valence-corrected chi connectivity index (χ4v) is 6.13. The molecule has 0 spiro atoms. The lowest BCUT2D eigenvalue weighted by Gasteiger charge is -2.68. The second-order valence-electron chi connectivity index (χ2n) is 10.3. The average Bonchev–Trinajstić information content (AvgIpc) is 2.53.